The molecule has 1 saturated heterocycles. The number of hydrogen-bond acceptors (Lipinski definition) is 6. The standard InChI is InChI=1S/C23H29N5O3S2/c1-16(2)28-22-11-10-20(13-21(22)25-26-28)33(30,31)27-12-4-5-18(15-27)23(29)24-14-17-6-8-19(32-3)9-7-17/h6-11,13,16,18H,4-5,12,14-15H2,1-3H3,(H,24,29)/t18-/m0/s1. The van der Waals surface area contributed by atoms with E-state index in [2.05, 4.69) is 15.6 Å². The summed E-state index contributed by atoms with van der Waals surface area (Å²) in [5, 5.41) is 11.2. The van der Waals surface area contributed by atoms with Crippen molar-refractivity contribution in [2.45, 2.75) is 49.1 Å². The summed E-state index contributed by atoms with van der Waals surface area (Å²) in [6.07, 6.45) is 3.34. The molecular weight excluding hydrogens is 458 g/mol. The maximum Gasteiger partial charge on any atom is 0.243 e. The monoisotopic (exact) mass is 487 g/mol. The van der Waals surface area contributed by atoms with Crippen LogP contribution in [0.4, 0.5) is 0 Å². The summed E-state index contributed by atoms with van der Waals surface area (Å²) in [5.74, 6) is -0.483. The number of carbonyl (C=O) groups is 1. The minimum atomic E-state index is -3.73. The number of carbonyl (C=O) groups excluding carboxylic acids is 1. The van der Waals surface area contributed by atoms with Crippen LogP contribution >= 0.6 is 11.8 Å². The third kappa shape index (κ3) is 5.07. The highest BCUT2D eigenvalue weighted by atomic mass is 32.2. The summed E-state index contributed by atoms with van der Waals surface area (Å²) in [6.45, 7) is 5.00. The number of benzene rings is 2. The summed E-state index contributed by atoms with van der Waals surface area (Å²) in [5.41, 5.74) is 2.36. The molecule has 3 aromatic rings. The predicted molar refractivity (Wildman–Crippen MR) is 129 cm³/mol. The Balaban J connectivity index is 1.44. The molecule has 10 heteroatoms. The van der Waals surface area contributed by atoms with Crippen molar-refractivity contribution in [3.8, 4) is 0 Å². The first-order chi connectivity index (χ1) is 15.8. The van der Waals surface area contributed by atoms with Crippen LogP contribution in [0.25, 0.3) is 11.0 Å². The van der Waals surface area contributed by atoms with E-state index >= 15 is 0 Å². The first kappa shape index (κ1) is 23.7. The van der Waals surface area contributed by atoms with Gasteiger partial charge in [-0.15, -0.1) is 16.9 Å². The lowest BCUT2D eigenvalue weighted by atomic mass is 9.99. The molecule has 1 atom stereocenters. The zero-order valence-corrected chi connectivity index (χ0v) is 20.7. The van der Waals surface area contributed by atoms with Crippen LogP contribution in [0.3, 0.4) is 0 Å². The molecule has 1 amide bonds. The van der Waals surface area contributed by atoms with Gasteiger partial charge in [-0.2, -0.15) is 4.31 Å². The van der Waals surface area contributed by atoms with Gasteiger partial charge in [0, 0.05) is 30.6 Å². The van der Waals surface area contributed by atoms with Crippen molar-refractivity contribution in [3.05, 3.63) is 48.0 Å². The minimum absolute atomic E-state index is 0.112. The summed E-state index contributed by atoms with van der Waals surface area (Å²) in [6, 6.07) is 13.1. The van der Waals surface area contributed by atoms with Crippen LogP contribution in [-0.4, -0.2) is 53.0 Å². The highest BCUT2D eigenvalue weighted by Crippen LogP contribution is 2.26. The van der Waals surface area contributed by atoms with Gasteiger partial charge in [0.05, 0.1) is 16.3 Å². The van der Waals surface area contributed by atoms with Gasteiger partial charge in [0.2, 0.25) is 15.9 Å². The number of piperidine rings is 1. The molecule has 2 heterocycles. The highest BCUT2D eigenvalue weighted by molar-refractivity contribution is 7.98. The quantitative estimate of drug-likeness (QED) is 0.513. The topological polar surface area (TPSA) is 97.2 Å². The Hall–Kier alpha value is -2.43. The third-order valence-corrected chi connectivity index (χ3v) is 8.55. The molecule has 1 aliphatic heterocycles. The van der Waals surface area contributed by atoms with E-state index in [0.717, 1.165) is 11.1 Å². The molecule has 1 N–H and O–H groups in total. The Morgan fingerprint density at radius 2 is 1.97 bits per heavy atom. The van der Waals surface area contributed by atoms with Crippen molar-refractivity contribution in [2.75, 3.05) is 19.3 Å². The molecule has 0 radical (unpaired) electrons. The first-order valence-corrected chi connectivity index (χ1v) is 13.7. The normalized spacial score (nSPS) is 17.5. The van der Waals surface area contributed by atoms with Gasteiger partial charge in [-0.25, -0.2) is 13.1 Å². The van der Waals surface area contributed by atoms with E-state index in [1.54, 1.807) is 34.6 Å². The third-order valence-electron chi connectivity index (χ3n) is 5.95. The van der Waals surface area contributed by atoms with Gasteiger partial charge >= 0.3 is 0 Å². The maximum atomic E-state index is 13.3. The fourth-order valence-electron chi connectivity index (χ4n) is 4.06. The second-order valence-electron chi connectivity index (χ2n) is 8.55. The lowest BCUT2D eigenvalue weighted by Gasteiger charge is -2.31. The van der Waals surface area contributed by atoms with Crippen LogP contribution in [0, 0.1) is 5.92 Å². The SMILES string of the molecule is CSc1ccc(CNC(=O)[C@H]2CCCN(S(=O)(=O)c3ccc4c(c3)nnn4C(C)C)C2)cc1. The summed E-state index contributed by atoms with van der Waals surface area (Å²) in [7, 11) is -3.73. The van der Waals surface area contributed by atoms with Crippen LogP contribution in [0.1, 0.15) is 38.3 Å². The molecule has 2 aromatic carbocycles. The summed E-state index contributed by atoms with van der Waals surface area (Å²) in [4.78, 5) is 14.1. The molecule has 0 aliphatic carbocycles. The Morgan fingerprint density at radius 3 is 2.67 bits per heavy atom. The molecule has 1 aromatic heterocycles. The zero-order valence-electron chi connectivity index (χ0n) is 19.1. The van der Waals surface area contributed by atoms with Crippen molar-refractivity contribution in [2.24, 2.45) is 5.92 Å². The number of nitrogens with zero attached hydrogens (tertiary/aromatic N) is 4. The molecule has 33 heavy (non-hydrogen) atoms. The number of hydrogen-bond donors (Lipinski definition) is 1. The van der Waals surface area contributed by atoms with Crippen LogP contribution in [-0.2, 0) is 21.4 Å². The molecule has 0 bridgehead atoms. The van der Waals surface area contributed by atoms with E-state index in [-0.39, 0.29) is 29.3 Å². The van der Waals surface area contributed by atoms with E-state index < -0.39 is 10.0 Å². The van der Waals surface area contributed by atoms with Crippen molar-refractivity contribution >= 4 is 38.7 Å². The van der Waals surface area contributed by atoms with Gasteiger partial charge < -0.3 is 5.32 Å². The van der Waals surface area contributed by atoms with Gasteiger partial charge in [0.15, 0.2) is 0 Å². The molecular formula is C23H29N5O3S2. The Morgan fingerprint density at radius 1 is 1.21 bits per heavy atom. The molecule has 0 unspecified atom stereocenters. The van der Waals surface area contributed by atoms with Crippen molar-refractivity contribution in [3.63, 3.8) is 0 Å². The van der Waals surface area contributed by atoms with E-state index in [1.165, 1.54) is 9.20 Å². The Kier molecular flexibility index (Phi) is 7.06. The maximum absolute atomic E-state index is 13.3. The summed E-state index contributed by atoms with van der Waals surface area (Å²) >= 11 is 1.67. The second-order valence-corrected chi connectivity index (χ2v) is 11.4. The van der Waals surface area contributed by atoms with Crippen LogP contribution in [0.5, 0.6) is 0 Å². The van der Waals surface area contributed by atoms with Gasteiger partial charge in [-0.1, -0.05) is 17.3 Å². The Labute approximate surface area is 198 Å². The number of amides is 1. The number of thioether (sulfide) groups is 1. The molecule has 8 nitrogen and oxygen atoms in total. The molecule has 1 aliphatic rings. The smallest absolute Gasteiger partial charge is 0.243 e. The van der Waals surface area contributed by atoms with Crippen molar-refractivity contribution in [1.29, 1.82) is 0 Å². The zero-order chi connectivity index (χ0) is 23.6. The number of aromatic nitrogens is 3. The molecule has 4 rings (SSSR count). The first-order valence-electron chi connectivity index (χ1n) is 11.1. The molecule has 0 spiro atoms. The van der Waals surface area contributed by atoms with E-state index in [4.69, 9.17) is 0 Å². The lowest BCUT2D eigenvalue weighted by molar-refractivity contribution is -0.126. The number of sulfonamides is 1. The molecule has 1 fully saturated rings. The van der Waals surface area contributed by atoms with Crippen LogP contribution in [0.15, 0.2) is 52.3 Å². The van der Waals surface area contributed by atoms with Crippen LogP contribution < -0.4 is 5.32 Å². The fraction of sp³-hybridized carbons (Fsp3) is 0.435. The van der Waals surface area contributed by atoms with Gasteiger partial charge in [-0.3, -0.25) is 4.79 Å². The van der Waals surface area contributed by atoms with Crippen molar-refractivity contribution < 1.29 is 13.2 Å². The average Bonchev–Trinajstić information content (AvgIpc) is 3.26. The van der Waals surface area contributed by atoms with Gasteiger partial charge in [-0.05, 0) is 68.8 Å². The largest absolute Gasteiger partial charge is 0.352 e. The van der Waals surface area contributed by atoms with Gasteiger partial charge in [0.1, 0.15) is 5.52 Å². The fourth-order valence-corrected chi connectivity index (χ4v) is 6.02. The highest BCUT2D eigenvalue weighted by Gasteiger charge is 2.33. The second kappa shape index (κ2) is 9.82. The van der Waals surface area contributed by atoms with E-state index in [1.807, 2.05) is 44.4 Å². The van der Waals surface area contributed by atoms with Gasteiger partial charge in [0.25, 0.3) is 0 Å². The summed E-state index contributed by atoms with van der Waals surface area (Å²) < 4.78 is 29.8. The molecule has 0 saturated carbocycles. The van der Waals surface area contributed by atoms with E-state index in [9.17, 15) is 13.2 Å². The minimum Gasteiger partial charge on any atom is -0.352 e. The molecule has 176 valence electrons. The number of rotatable bonds is 7. The average molecular weight is 488 g/mol. The van der Waals surface area contributed by atoms with Crippen LogP contribution in [0.2, 0.25) is 0 Å². The Bertz CT molecular complexity index is 1240. The number of nitrogens with one attached hydrogen (secondary N) is 1. The predicted octanol–water partition coefficient (Wildman–Crippen LogP) is 3.45. The lowest BCUT2D eigenvalue weighted by Crippen LogP contribution is -2.45. The van der Waals surface area contributed by atoms with Crippen molar-refractivity contribution in [1.82, 2.24) is 24.6 Å². The van der Waals surface area contributed by atoms with E-state index in [0.29, 0.717) is 31.4 Å². The number of fused-ring (bicyclic) bond motifs is 1.